The van der Waals surface area contributed by atoms with E-state index in [2.05, 4.69) is 0 Å². The van der Waals surface area contributed by atoms with Crippen molar-refractivity contribution >= 4 is 27.7 Å². The van der Waals surface area contributed by atoms with Gasteiger partial charge in [-0.2, -0.15) is 0 Å². The van der Waals surface area contributed by atoms with Crippen molar-refractivity contribution in [3.8, 4) is 0 Å². The number of benzene rings is 1. The van der Waals surface area contributed by atoms with Crippen LogP contribution in [0.2, 0.25) is 0 Å². The fraction of sp³-hybridized carbons (Fsp3) is 0.100. The highest BCUT2D eigenvalue weighted by Gasteiger charge is 2.12. The summed E-state index contributed by atoms with van der Waals surface area (Å²) < 4.78 is 13.8. The zero-order chi connectivity index (χ0) is 10.1. The maximum absolute atomic E-state index is 13.2. The first kappa shape index (κ1) is 9.30. The van der Waals surface area contributed by atoms with E-state index in [0.29, 0.717) is 16.5 Å². The van der Waals surface area contributed by atoms with E-state index < -0.39 is 6.04 Å². The number of nitrogens with two attached hydrogens (primary N) is 1. The number of aldehydes is 1. The molecule has 0 saturated heterocycles. The lowest BCUT2D eigenvalue weighted by molar-refractivity contribution is -0.108. The van der Waals surface area contributed by atoms with E-state index in [1.54, 1.807) is 17.5 Å². The predicted molar refractivity (Wildman–Crippen MR) is 54.8 cm³/mol. The molecular weight excluding hydrogens is 201 g/mol. The van der Waals surface area contributed by atoms with E-state index in [4.69, 9.17) is 5.73 Å². The molecule has 0 fully saturated rings. The van der Waals surface area contributed by atoms with Crippen molar-refractivity contribution in [2.24, 2.45) is 5.73 Å². The molecule has 72 valence electrons. The lowest BCUT2D eigenvalue weighted by Crippen LogP contribution is -2.10. The molecule has 2 N–H and O–H groups in total. The van der Waals surface area contributed by atoms with E-state index >= 15 is 0 Å². The molecule has 0 aliphatic rings. The molecule has 0 aliphatic carbocycles. The van der Waals surface area contributed by atoms with E-state index in [9.17, 15) is 9.18 Å². The van der Waals surface area contributed by atoms with Crippen molar-refractivity contribution in [3.05, 3.63) is 35.0 Å². The van der Waals surface area contributed by atoms with E-state index in [-0.39, 0.29) is 5.82 Å². The van der Waals surface area contributed by atoms with E-state index in [1.165, 1.54) is 17.4 Å². The van der Waals surface area contributed by atoms with Gasteiger partial charge in [-0.1, -0.05) is 12.1 Å². The Kier molecular flexibility index (Phi) is 2.31. The summed E-state index contributed by atoms with van der Waals surface area (Å²) in [7, 11) is 0. The molecule has 2 rings (SSSR count). The number of rotatable bonds is 2. The molecule has 0 spiro atoms. The van der Waals surface area contributed by atoms with Gasteiger partial charge in [-0.05, 0) is 17.0 Å². The van der Waals surface area contributed by atoms with Crippen molar-refractivity contribution in [2.75, 3.05) is 0 Å². The summed E-state index contributed by atoms with van der Waals surface area (Å²) in [5, 5.41) is 2.46. The fourth-order valence-corrected chi connectivity index (χ4v) is 2.40. The molecule has 1 aromatic heterocycles. The Balaban J connectivity index is 2.69. The molecule has 2 aromatic rings. The normalized spacial score (nSPS) is 13.0. The van der Waals surface area contributed by atoms with Crippen LogP contribution in [0.25, 0.3) is 10.1 Å². The van der Waals surface area contributed by atoms with Crippen LogP contribution in [-0.2, 0) is 4.79 Å². The first-order valence-corrected chi connectivity index (χ1v) is 4.98. The van der Waals surface area contributed by atoms with E-state index in [1.807, 2.05) is 0 Å². The molecule has 1 unspecified atom stereocenters. The lowest BCUT2D eigenvalue weighted by atomic mass is 10.1. The Morgan fingerprint density at radius 3 is 3.00 bits per heavy atom. The molecule has 2 nitrogen and oxygen atoms in total. The Morgan fingerprint density at radius 2 is 2.29 bits per heavy atom. The van der Waals surface area contributed by atoms with Gasteiger partial charge < -0.3 is 10.5 Å². The topological polar surface area (TPSA) is 43.1 Å². The Morgan fingerprint density at radius 1 is 1.50 bits per heavy atom. The summed E-state index contributed by atoms with van der Waals surface area (Å²) in [6.07, 6.45) is 0.659. The smallest absolute Gasteiger partial charge is 0.141 e. The maximum Gasteiger partial charge on any atom is 0.141 e. The number of thiophene rings is 1. The third kappa shape index (κ3) is 1.32. The van der Waals surface area contributed by atoms with Crippen molar-refractivity contribution in [3.63, 3.8) is 0 Å². The molecule has 1 aromatic carbocycles. The van der Waals surface area contributed by atoms with E-state index in [0.717, 1.165) is 5.39 Å². The SMILES string of the molecule is NC(C=O)c1csc2c(F)cccc12. The van der Waals surface area contributed by atoms with Gasteiger partial charge in [-0.15, -0.1) is 11.3 Å². The molecular formula is C10H8FNOS. The summed E-state index contributed by atoms with van der Waals surface area (Å²) in [6.45, 7) is 0. The number of carbonyl (C=O) groups is 1. The molecule has 1 atom stereocenters. The fourth-order valence-electron chi connectivity index (χ4n) is 1.37. The predicted octanol–water partition coefficient (Wildman–Crippen LogP) is 2.24. The molecule has 14 heavy (non-hydrogen) atoms. The highest BCUT2D eigenvalue weighted by atomic mass is 32.1. The first-order valence-electron chi connectivity index (χ1n) is 4.10. The zero-order valence-electron chi connectivity index (χ0n) is 7.24. The maximum atomic E-state index is 13.2. The molecule has 0 amide bonds. The van der Waals surface area contributed by atoms with Crippen LogP contribution in [0, 0.1) is 5.82 Å². The Hall–Kier alpha value is -1.26. The van der Waals surface area contributed by atoms with Gasteiger partial charge >= 0.3 is 0 Å². The Labute approximate surface area is 84.2 Å². The van der Waals surface area contributed by atoms with Gasteiger partial charge in [0.1, 0.15) is 12.1 Å². The second-order valence-corrected chi connectivity index (χ2v) is 3.85. The standard InChI is InChI=1S/C10H8FNOS/c11-8-3-1-2-6-7(9(12)4-13)5-14-10(6)8/h1-5,9H,12H2. The highest BCUT2D eigenvalue weighted by molar-refractivity contribution is 7.17. The van der Waals surface area contributed by atoms with Gasteiger partial charge in [0.2, 0.25) is 0 Å². The number of hydrogen-bond acceptors (Lipinski definition) is 3. The largest absolute Gasteiger partial charge is 0.318 e. The van der Waals surface area contributed by atoms with Crippen molar-refractivity contribution in [1.82, 2.24) is 0 Å². The summed E-state index contributed by atoms with van der Waals surface area (Å²) in [4.78, 5) is 10.5. The van der Waals surface area contributed by atoms with Crippen LogP contribution in [0.5, 0.6) is 0 Å². The van der Waals surface area contributed by atoms with Gasteiger partial charge in [0, 0.05) is 5.39 Å². The van der Waals surface area contributed by atoms with Crippen LogP contribution < -0.4 is 5.73 Å². The minimum atomic E-state index is -0.662. The van der Waals surface area contributed by atoms with Crippen LogP contribution in [-0.4, -0.2) is 6.29 Å². The van der Waals surface area contributed by atoms with Crippen molar-refractivity contribution in [1.29, 1.82) is 0 Å². The van der Waals surface area contributed by atoms with Crippen LogP contribution in [0.15, 0.2) is 23.6 Å². The quantitative estimate of drug-likeness (QED) is 0.771. The minimum absolute atomic E-state index is 0.267. The van der Waals surface area contributed by atoms with Crippen LogP contribution in [0.1, 0.15) is 11.6 Å². The van der Waals surface area contributed by atoms with Crippen LogP contribution >= 0.6 is 11.3 Å². The molecule has 0 aliphatic heterocycles. The molecule has 0 radical (unpaired) electrons. The summed E-state index contributed by atoms with van der Waals surface area (Å²) in [5.74, 6) is -0.267. The average molecular weight is 209 g/mol. The lowest BCUT2D eigenvalue weighted by Gasteiger charge is -2.01. The van der Waals surface area contributed by atoms with Crippen LogP contribution in [0.3, 0.4) is 0 Å². The van der Waals surface area contributed by atoms with Gasteiger partial charge in [0.15, 0.2) is 0 Å². The van der Waals surface area contributed by atoms with Gasteiger partial charge in [-0.3, -0.25) is 0 Å². The summed E-state index contributed by atoms with van der Waals surface area (Å²) in [5.41, 5.74) is 6.27. The second kappa shape index (κ2) is 3.48. The average Bonchev–Trinajstić information content (AvgIpc) is 2.62. The molecule has 1 heterocycles. The minimum Gasteiger partial charge on any atom is -0.318 e. The monoisotopic (exact) mass is 209 g/mol. The first-order chi connectivity index (χ1) is 6.74. The summed E-state index contributed by atoms with van der Waals surface area (Å²) >= 11 is 1.27. The van der Waals surface area contributed by atoms with Gasteiger partial charge in [0.25, 0.3) is 0 Å². The Bertz CT molecular complexity index is 480. The van der Waals surface area contributed by atoms with Gasteiger partial charge in [0.05, 0.1) is 10.7 Å². The third-order valence-corrected chi connectivity index (χ3v) is 3.11. The number of hydrogen-bond donors (Lipinski definition) is 1. The number of fused-ring (bicyclic) bond motifs is 1. The number of halogens is 1. The van der Waals surface area contributed by atoms with Crippen LogP contribution in [0.4, 0.5) is 4.39 Å². The second-order valence-electron chi connectivity index (χ2n) is 2.97. The molecule has 0 saturated carbocycles. The number of carbonyl (C=O) groups excluding carboxylic acids is 1. The zero-order valence-corrected chi connectivity index (χ0v) is 8.05. The summed E-state index contributed by atoms with van der Waals surface area (Å²) in [6, 6.07) is 4.12. The third-order valence-electron chi connectivity index (χ3n) is 2.09. The van der Waals surface area contributed by atoms with Gasteiger partial charge in [-0.25, -0.2) is 4.39 Å². The van der Waals surface area contributed by atoms with Crippen molar-refractivity contribution < 1.29 is 9.18 Å². The molecule has 0 bridgehead atoms. The van der Waals surface area contributed by atoms with Crippen molar-refractivity contribution in [2.45, 2.75) is 6.04 Å². The molecule has 4 heteroatoms. The highest BCUT2D eigenvalue weighted by Crippen LogP contribution is 2.30.